The zero-order valence-corrected chi connectivity index (χ0v) is 14.1. The summed E-state index contributed by atoms with van der Waals surface area (Å²) in [7, 11) is 3.51. The molecule has 0 unspecified atom stereocenters. The fourth-order valence-corrected chi connectivity index (χ4v) is 3.02. The first-order valence-electron chi connectivity index (χ1n) is 7.32. The zero-order chi connectivity index (χ0) is 15.8. The molecule has 0 saturated heterocycles. The summed E-state index contributed by atoms with van der Waals surface area (Å²) in [6, 6.07) is 16.4. The van der Waals surface area contributed by atoms with Gasteiger partial charge in [-0.15, -0.1) is 0 Å². The second kappa shape index (κ2) is 8.44. The molecule has 22 heavy (non-hydrogen) atoms. The Hall–Kier alpha value is -2.00. The number of hydrogen-bond acceptors (Lipinski definition) is 3. The summed E-state index contributed by atoms with van der Waals surface area (Å²) in [5.41, 5.74) is 3.24. The van der Waals surface area contributed by atoms with E-state index in [1.165, 1.54) is 4.90 Å². The Morgan fingerprint density at radius 3 is 2.50 bits per heavy atom. The van der Waals surface area contributed by atoms with Gasteiger partial charge in [0.1, 0.15) is 5.75 Å². The van der Waals surface area contributed by atoms with Crippen molar-refractivity contribution >= 4 is 17.5 Å². The lowest BCUT2D eigenvalue weighted by molar-refractivity contribution is 0.415. The van der Waals surface area contributed by atoms with E-state index >= 15 is 0 Å². The molecule has 2 nitrogen and oxygen atoms in total. The maximum Gasteiger partial charge on any atom is 0.118 e. The average Bonchev–Trinajstić information content (AvgIpc) is 2.58. The van der Waals surface area contributed by atoms with E-state index in [1.54, 1.807) is 18.9 Å². The zero-order valence-electron chi connectivity index (χ0n) is 13.2. The average molecular weight is 311 g/mol. The SMILES string of the molecule is CC/C=C/Sc1ccccc1C(=NC)c1ccc(OC)cc1. The third-order valence-electron chi connectivity index (χ3n) is 3.26. The first kappa shape index (κ1) is 16.4. The van der Waals surface area contributed by atoms with Crippen molar-refractivity contribution in [2.75, 3.05) is 14.2 Å². The smallest absolute Gasteiger partial charge is 0.118 e. The van der Waals surface area contributed by atoms with Crippen LogP contribution in [0, 0.1) is 0 Å². The topological polar surface area (TPSA) is 21.6 Å². The van der Waals surface area contributed by atoms with Crippen LogP contribution in [0.25, 0.3) is 0 Å². The van der Waals surface area contributed by atoms with Crippen LogP contribution in [-0.4, -0.2) is 19.9 Å². The molecule has 2 rings (SSSR count). The lowest BCUT2D eigenvalue weighted by atomic mass is 10.0. The number of nitrogens with zero attached hydrogens (tertiary/aromatic N) is 1. The largest absolute Gasteiger partial charge is 0.497 e. The van der Waals surface area contributed by atoms with Gasteiger partial charge in [0, 0.05) is 23.1 Å². The van der Waals surface area contributed by atoms with Gasteiger partial charge < -0.3 is 4.74 Å². The van der Waals surface area contributed by atoms with Gasteiger partial charge in [-0.1, -0.05) is 43.0 Å². The van der Waals surface area contributed by atoms with Crippen molar-refractivity contribution in [1.29, 1.82) is 0 Å². The molecule has 3 heteroatoms. The lowest BCUT2D eigenvalue weighted by Gasteiger charge is -2.11. The normalized spacial score (nSPS) is 11.9. The third kappa shape index (κ3) is 4.01. The van der Waals surface area contributed by atoms with Gasteiger partial charge in [-0.05, 0) is 42.2 Å². The molecule has 0 aromatic heterocycles. The van der Waals surface area contributed by atoms with E-state index in [2.05, 4.69) is 47.7 Å². The van der Waals surface area contributed by atoms with Crippen molar-refractivity contribution in [3.63, 3.8) is 0 Å². The summed E-state index contributed by atoms with van der Waals surface area (Å²) in [4.78, 5) is 5.72. The molecule has 0 aliphatic rings. The molecule has 0 saturated carbocycles. The van der Waals surface area contributed by atoms with Gasteiger partial charge >= 0.3 is 0 Å². The van der Waals surface area contributed by atoms with Gasteiger partial charge in [-0.2, -0.15) is 0 Å². The van der Waals surface area contributed by atoms with Crippen LogP contribution in [0.15, 0.2) is 69.9 Å². The highest BCUT2D eigenvalue weighted by Crippen LogP contribution is 2.27. The van der Waals surface area contributed by atoms with Crippen LogP contribution in [0.1, 0.15) is 24.5 Å². The number of thioether (sulfide) groups is 1. The fraction of sp³-hybridized carbons (Fsp3) is 0.211. The van der Waals surface area contributed by atoms with Gasteiger partial charge in [0.15, 0.2) is 0 Å². The summed E-state index contributed by atoms with van der Waals surface area (Å²) in [6.45, 7) is 2.14. The molecule has 114 valence electrons. The first-order valence-corrected chi connectivity index (χ1v) is 8.20. The molecule has 0 aliphatic heterocycles. The van der Waals surface area contributed by atoms with Crippen LogP contribution >= 0.6 is 11.8 Å². The van der Waals surface area contributed by atoms with Crippen LogP contribution in [0.4, 0.5) is 0 Å². The molecule has 0 heterocycles. The maximum atomic E-state index is 5.22. The van der Waals surface area contributed by atoms with E-state index in [4.69, 9.17) is 4.74 Å². The Kier molecular flexibility index (Phi) is 6.28. The number of rotatable bonds is 6. The molecule has 0 bridgehead atoms. The summed E-state index contributed by atoms with van der Waals surface area (Å²) in [5.74, 6) is 0.854. The van der Waals surface area contributed by atoms with E-state index in [-0.39, 0.29) is 0 Å². The highest BCUT2D eigenvalue weighted by Gasteiger charge is 2.10. The molecular weight excluding hydrogens is 290 g/mol. The minimum absolute atomic E-state index is 0.854. The van der Waals surface area contributed by atoms with Crippen molar-refractivity contribution in [3.05, 3.63) is 71.1 Å². The van der Waals surface area contributed by atoms with Gasteiger partial charge in [0.2, 0.25) is 0 Å². The summed E-state index contributed by atoms with van der Waals surface area (Å²) in [6.07, 6.45) is 3.21. The first-order chi connectivity index (χ1) is 10.8. The molecule has 0 spiro atoms. The molecular formula is C19H21NOS. The van der Waals surface area contributed by atoms with E-state index in [1.807, 2.05) is 31.3 Å². The van der Waals surface area contributed by atoms with Gasteiger partial charge in [0.05, 0.1) is 12.8 Å². The predicted octanol–water partition coefficient (Wildman–Crippen LogP) is 5.18. The summed E-state index contributed by atoms with van der Waals surface area (Å²) < 4.78 is 5.22. The number of aliphatic imine (C=N–C) groups is 1. The van der Waals surface area contributed by atoms with Crippen LogP contribution in [-0.2, 0) is 0 Å². The molecule has 0 atom stereocenters. The molecule has 0 fully saturated rings. The third-order valence-corrected chi connectivity index (χ3v) is 4.19. The Bertz CT molecular complexity index is 659. The number of ether oxygens (including phenoxy) is 1. The van der Waals surface area contributed by atoms with Gasteiger partial charge in [-0.25, -0.2) is 0 Å². The summed E-state index contributed by atoms with van der Waals surface area (Å²) in [5, 5.41) is 2.14. The number of allylic oxidation sites excluding steroid dienone is 1. The van der Waals surface area contributed by atoms with E-state index in [0.29, 0.717) is 0 Å². The van der Waals surface area contributed by atoms with Crippen molar-refractivity contribution in [2.24, 2.45) is 4.99 Å². The minimum atomic E-state index is 0.854. The lowest BCUT2D eigenvalue weighted by Crippen LogP contribution is -2.04. The highest BCUT2D eigenvalue weighted by molar-refractivity contribution is 8.02. The van der Waals surface area contributed by atoms with Crippen LogP contribution < -0.4 is 4.74 Å². The Balaban J connectivity index is 2.36. The Morgan fingerprint density at radius 1 is 1.14 bits per heavy atom. The van der Waals surface area contributed by atoms with Gasteiger partial charge in [0.25, 0.3) is 0 Å². The second-order valence-electron chi connectivity index (χ2n) is 4.69. The van der Waals surface area contributed by atoms with Crippen molar-refractivity contribution in [1.82, 2.24) is 0 Å². The molecule has 2 aromatic carbocycles. The van der Waals surface area contributed by atoms with Crippen LogP contribution in [0.2, 0.25) is 0 Å². The molecule has 0 aliphatic carbocycles. The fourth-order valence-electron chi connectivity index (χ4n) is 2.14. The van der Waals surface area contributed by atoms with E-state index in [0.717, 1.165) is 29.0 Å². The summed E-state index contributed by atoms with van der Waals surface area (Å²) >= 11 is 1.73. The quantitative estimate of drug-likeness (QED) is 0.541. The minimum Gasteiger partial charge on any atom is -0.497 e. The second-order valence-corrected chi connectivity index (χ2v) is 5.64. The molecule has 2 aromatic rings. The van der Waals surface area contributed by atoms with Crippen molar-refractivity contribution in [3.8, 4) is 5.75 Å². The number of benzene rings is 2. The molecule has 0 amide bonds. The molecule has 0 N–H and O–H groups in total. The van der Waals surface area contributed by atoms with Crippen LogP contribution in [0.3, 0.4) is 0 Å². The van der Waals surface area contributed by atoms with Crippen molar-refractivity contribution < 1.29 is 4.74 Å². The molecule has 0 radical (unpaired) electrons. The Labute approximate surface area is 136 Å². The van der Waals surface area contributed by atoms with E-state index < -0.39 is 0 Å². The van der Waals surface area contributed by atoms with E-state index in [9.17, 15) is 0 Å². The number of methoxy groups -OCH3 is 1. The maximum absolute atomic E-state index is 5.22. The standard InChI is InChI=1S/C19H21NOS/c1-4-5-14-22-18-9-7-6-8-17(18)19(20-2)15-10-12-16(21-3)13-11-15/h5-14H,4H2,1-3H3/b14-5+,20-19?. The van der Waals surface area contributed by atoms with Gasteiger partial charge in [-0.3, -0.25) is 4.99 Å². The predicted molar refractivity (Wildman–Crippen MR) is 96.3 cm³/mol. The highest BCUT2D eigenvalue weighted by atomic mass is 32.2. The van der Waals surface area contributed by atoms with Crippen LogP contribution in [0.5, 0.6) is 5.75 Å². The monoisotopic (exact) mass is 311 g/mol. The van der Waals surface area contributed by atoms with Crippen molar-refractivity contribution in [2.45, 2.75) is 18.2 Å². The Morgan fingerprint density at radius 2 is 1.86 bits per heavy atom. The number of hydrogen-bond donors (Lipinski definition) is 0.